The first-order valence-electron chi connectivity index (χ1n) is 5.63. The Morgan fingerprint density at radius 2 is 2.31 bits per heavy atom. The minimum Gasteiger partial charge on any atom is -0.356 e. The number of hydrogen-bond donors (Lipinski definition) is 0. The van der Waals surface area contributed by atoms with Gasteiger partial charge in [0.05, 0.1) is 4.47 Å². The molecule has 0 atom stereocenters. The summed E-state index contributed by atoms with van der Waals surface area (Å²) in [7, 11) is 0. The highest BCUT2D eigenvalue weighted by atomic mass is 79.9. The Hall–Kier alpha value is -0.350. The van der Waals surface area contributed by atoms with Crippen LogP contribution in [0.2, 0.25) is 5.28 Å². The summed E-state index contributed by atoms with van der Waals surface area (Å²) in [6.07, 6.45) is 5.77. The molecule has 0 N–H and O–H groups in total. The molecule has 16 heavy (non-hydrogen) atoms. The molecule has 1 aliphatic rings. The number of hydrogen-bond acceptors (Lipinski definition) is 3. The summed E-state index contributed by atoms with van der Waals surface area (Å²) in [6.45, 7) is 4.16. The standard InChI is InChI=1S/C11H15BrClN3/c1-2-16(7-8-4-3-5-8)10-9(12)6-14-11(13)15-10/h6,8H,2-5,7H2,1H3. The molecule has 88 valence electrons. The van der Waals surface area contributed by atoms with Crippen molar-refractivity contribution >= 4 is 33.3 Å². The summed E-state index contributed by atoms with van der Waals surface area (Å²) >= 11 is 9.31. The lowest BCUT2D eigenvalue weighted by molar-refractivity contribution is 0.318. The zero-order valence-corrected chi connectivity index (χ0v) is 11.6. The van der Waals surface area contributed by atoms with Crippen LogP contribution in [-0.4, -0.2) is 23.1 Å². The molecule has 0 saturated heterocycles. The predicted molar refractivity (Wildman–Crippen MR) is 70.0 cm³/mol. The Morgan fingerprint density at radius 1 is 1.56 bits per heavy atom. The maximum Gasteiger partial charge on any atom is 0.224 e. The first-order valence-corrected chi connectivity index (χ1v) is 6.80. The highest BCUT2D eigenvalue weighted by Gasteiger charge is 2.22. The van der Waals surface area contributed by atoms with Crippen LogP contribution in [0.15, 0.2) is 10.7 Å². The van der Waals surface area contributed by atoms with Gasteiger partial charge in [0.1, 0.15) is 5.82 Å². The molecule has 0 unspecified atom stereocenters. The fourth-order valence-corrected chi connectivity index (χ4v) is 2.48. The molecule has 1 aromatic rings. The van der Waals surface area contributed by atoms with Crippen LogP contribution in [0.5, 0.6) is 0 Å². The minimum atomic E-state index is 0.310. The first-order chi connectivity index (χ1) is 7.70. The van der Waals surface area contributed by atoms with Gasteiger partial charge < -0.3 is 4.90 Å². The van der Waals surface area contributed by atoms with E-state index in [9.17, 15) is 0 Å². The van der Waals surface area contributed by atoms with Crippen LogP contribution >= 0.6 is 27.5 Å². The SMILES string of the molecule is CCN(CC1CCC1)c1nc(Cl)ncc1Br. The van der Waals surface area contributed by atoms with Crippen LogP contribution in [0.3, 0.4) is 0 Å². The molecule has 1 aliphatic carbocycles. The van der Waals surface area contributed by atoms with E-state index in [1.54, 1.807) is 6.20 Å². The van der Waals surface area contributed by atoms with Crippen LogP contribution in [0, 0.1) is 5.92 Å². The third kappa shape index (κ3) is 2.66. The van der Waals surface area contributed by atoms with Gasteiger partial charge in [0.2, 0.25) is 5.28 Å². The summed E-state index contributed by atoms with van der Waals surface area (Å²) in [5.41, 5.74) is 0. The van der Waals surface area contributed by atoms with E-state index in [-0.39, 0.29) is 0 Å². The molecule has 1 saturated carbocycles. The highest BCUT2D eigenvalue weighted by molar-refractivity contribution is 9.10. The largest absolute Gasteiger partial charge is 0.356 e. The average Bonchev–Trinajstić information content (AvgIpc) is 2.21. The van der Waals surface area contributed by atoms with Gasteiger partial charge in [-0.2, -0.15) is 4.98 Å². The second-order valence-corrected chi connectivity index (χ2v) is 5.34. The van der Waals surface area contributed by atoms with Gasteiger partial charge >= 0.3 is 0 Å². The van der Waals surface area contributed by atoms with Gasteiger partial charge in [-0.3, -0.25) is 0 Å². The van der Waals surface area contributed by atoms with Gasteiger partial charge in [-0.25, -0.2) is 4.98 Å². The summed E-state index contributed by atoms with van der Waals surface area (Å²) in [5.74, 6) is 1.73. The van der Waals surface area contributed by atoms with Crippen LogP contribution in [-0.2, 0) is 0 Å². The molecule has 0 spiro atoms. The number of rotatable bonds is 4. The van der Waals surface area contributed by atoms with Crippen molar-refractivity contribution in [2.45, 2.75) is 26.2 Å². The van der Waals surface area contributed by atoms with Gasteiger partial charge in [0, 0.05) is 19.3 Å². The quantitative estimate of drug-likeness (QED) is 0.797. The minimum absolute atomic E-state index is 0.310. The highest BCUT2D eigenvalue weighted by Crippen LogP contribution is 2.31. The maximum absolute atomic E-state index is 5.83. The van der Waals surface area contributed by atoms with Crippen molar-refractivity contribution in [3.8, 4) is 0 Å². The van der Waals surface area contributed by atoms with Gasteiger partial charge in [0.25, 0.3) is 0 Å². The Morgan fingerprint density at radius 3 is 2.88 bits per heavy atom. The molecule has 0 amide bonds. The predicted octanol–water partition coefficient (Wildman–Crippen LogP) is 3.52. The molecule has 0 bridgehead atoms. The smallest absolute Gasteiger partial charge is 0.224 e. The Balaban J connectivity index is 2.14. The van der Waals surface area contributed by atoms with Crippen molar-refractivity contribution in [3.63, 3.8) is 0 Å². The van der Waals surface area contributed by atoms with Crippen molar-refractivity contribution in [1.82, 2.24) is 9.97 Å². The van der Waals surface area contributed by atoms with Crippen molar-refractivity contribution in [2.24, 2.45) is 5.92 Å². The van der Waals surface area contributed by atoms with Crippen molar-refractivity contribution in [2.75, 3.05) is 18.0 Å². The number of aromatic nitrogens is 2. The fraction of sp³-hybridized carbons (Fsp3) is 0.636. The van der Waals surface area contributed by atoms with E-state index < -0.39 is 0 Å². The van der Waals surface area contributed by atoms with Crippen LogP contribution in [0.1, 0.15) is 26.2 Å². The van der Waals surface area contributed by atoms with Crippen LogP contribution < -0.4 is 4.90 Å². The van der Waals surface area contributed by atoms with Crippen molar-refractivity contribution < 1.29 is 0 Å². The Labute approximate surface area is 109 Å². The molecule has 0 aromatic carbocycles. The zero-order valence-electron chi connectivity index (χ0n) is 9.29. The monoisotopic (exact) mass is 303 g/mol. The number of anilines is 1. The molecule has 1 aromatic heterocycles. The van der Waals surface area contributed by atoms with E-state index >= 15 is 0 Å². The average molecular weight is 305 g/mol. The first kappa shape index (κ1) is 12.1. The van der Waals surface area contributed by atoms with E-state index in [0.717, 1.165) is 29.3 Å². The van der Waals surface area contributed by atoms with Gasteiger partial charge in [-0.05, 0) is 53.2 Å². The zero-order chi connectivity index (χ0) is 11.5. The number of nitrogens with zero attached hydrogens (tertiary/aromatic N) is 3. The molecule has 2 rings (SSSR count). The normalized spacial score (nSPS) is 15.9. The van der Waals surface area contributed by atoms with Crippen molar-refractivity contribution in [3.05, 3.63) is 16.0 Å². The van der Waals surface area contributed by atoms with E-state index in [4.69, 9.17) is 11.6 Å². The molecule has 5 heteroatoms. The fourth-order valence-electron chi connectivity index (χ4n) is 1.91. The van der Waals surface area contributed by atoms with E-state index in [2.05, 4.69) is 37.7 Å². The Bertz CT molecular complexity index is 368. The van der Waals surface area contributed by atoms with Gasteiger partial charge in [0.15, 0.2) is 0 Å². The lowest BCUT2D eigenvalue weighted by atomic mass is 9.85. The third-order valence-electron chi connectivity index (χ3n) is 3.08. The van der Waals surface area contributed by atoms with Crippen LogP contribution in [0.4, 0.5) is 5.82 Å². The summed E-state index contributed by atoms with van der Waals surface area (Å²) in [6, 6.07) is 0. The number of halogens is 2. The molecule has 1 fully saturated rings. The molecule has 0 aliphatic heterocycles. The summed E-state index contributed by atoms with van der Waals surface area (Å²) < 4.78 is 0.915. The van der Waals surface area contributed by atoms with E-state index in [1.165, 1.54) is 19.3 Å². The van der Waals surface area contributed by atoms with E-state index in [0.29, 0.717) is 5.28 Å². The molecule has 1 heterocycles. The summed E-state index contributed by atoms with van der Waals surface area (Å²) in [4.78, 5) is 10.5. The van der Waals surface area contributed by atoms with E-state index in [1.807, 2.05) is 0 Å². The Kier molecular flexibility index (Phi) is 4.03. The molecule has 3 nitrogen and oxygen atoms in total. The van der Waals surface area contributed by atoms with Gasteiger partial charge in [-0.15, -0.1) is 0 Å². The topological polar surface area (TPSA) is 29.0 Å². The third-order valence-corrected chi connectivity index (χ3v) is 3.82. The van der Waals surface area contributed by atoms with Crippen LogP contribution in [0.25, 0.3) is 0 Å². The molecular formula is C11H15BrClN3. The molecular weight excluding hydrogens is 289 g/mol. The lowest BCUT2D eigenvalue weighted by Gasteiger charge is -2.32. The lowest BCUT2D eigenvalue weighted by Crippen LogP contribution is -2.33. The second-order valence-electron chi connectivity index (χ2n) is 4.15. The van der Waals surface area contributed by atoms with Gasteiger partial charge in [-0.1, -0.05) is 6.42 Å². The summed E-state index contributed by atoms with van der Waals surface area (Å²) in [5, 5.41) is 0.310. The van der Waals surface area contributed by atoms with Crippen molar-refractivity contribution in [1.29, 1.82) is 0 Å². The second kappa shape index (κ2) is 5.32. The maximum atomic E-state index is 5.83. The molecule has 0 radical (unpaired) electrons.